The molecule has 19 heavy (non-hydrogen) atoms. The third-order valence-corrected chi connectivity index (χ3v) is 3.78. The molecule has 0 unspecified atom stereocenters. The Balaban J connectivity index is 2.10. The van der Waals surface area contributed by atoms with E-state index in [1.807, 2.05) is 6.07 Å². The van der Waals surface area contributed by atoms with Crippen molar-refractivity contribution in [1.29, 1.82) is 0 Å². The Morgan fingerprint density at radius 1 is 1.32 bits per heavy atom. The average Bonchev–Trinajstić information content (AvgIpc) is 2.41. The van der Waals surface area contributed by atoms with Crippen molar-refractivity contribution < 1.29 is 14.7 Å². The number of carboxylic acids is 1. The zero-order valence-electron chi connectivity index (χ0n) is 10.5. The quantitative estimate of drug-likeness (QED) is 0.925. The van der Waals surface area contributed by atoms with E-state index in [4.69, 9.17) is 16.7 Å². The number of benzene rings is 1. The maximum Gasteiger partial charge on any atom is 0.326 e. The second kappa shape index (κ2) is 6.06. The lowest BCUT2D eigenvalue weighted by Gasteiger charge is -2.33. The molecule has 102 valence electrons. The van der Waals surface area contributed by atoms with Gasteiger partial charge in [-0.1, -0.05) is 29.8 Å². The molecule has 1 aliphatic heterocycles. The van der Waals surface area contributed by atoms with Crippen LogP contribution in [0.4, 0.5) is 0 Å². The molecule has 0 aliphatic carbocycles. The third-order valence-electron chi connectivity index (χ3n) is 3.41. The van der Waals surface area contributed by atoms with Crippen molar-refractivity contribution in [3.05, 3.63) is 34.9 Å². The number of nitrogens with zero attached hydrogens (tertiary/aromatic N) is 1. The summed E-state index contributed by atoms with van der Waals surface area (Å²) in [4.78, 5) is 24.9. The summed E-state index contributed by atoms with van der Waals surface area (Å²) < 4.78 is 0. The summed E-state index contributed by atoms with van der Waals surface area (Å²) in [5.41, 5.74) is 0.740. The normalized spacial score (nSPS) is 19.2. The maximum atomic E-state index is 12.2. The minimum atomic E-state index is -0.924. The molecule has 1 atom stereocenters. The number of carbonyl (C=O) groups is 2. The molecule has 0 radical (unpaired) electrons. The molecule has 1 aliphatic rings. The van der Waals surface area contributed by atoms with Crippen molar-refractivity contribution in [2.24, 2.45) is 0 Å². The van der Waals surface area contributed by atoms with E-state index in [-0.39, 0.29) is 12.3 Å². The number of halogens is 1. The Labute approximate surface area is 117 Å². The van der Waals surface area contributed by atoms with Gasteiger partial charge in [0.1, 0.15) is 6.04 Å². The molecule has 1 heterocycles. The van der Waals surface area contributed by atoms with Crippen LogP contribution in [0.1, 0.15) is 24.8 Å². The molecule has 1 amide bonds. The molecule has 0 bridgehead atoms. The van der Waals surface area contributed by atoms with Crippen LogP contribution in [0.5, 0.6) is 0 Å². The first-order valence-electron chi connectivity index (χ1n) is 6.35. The van der Waals surface area contributed by atoms with E-state index in [0.717, 1.165) is 18.4 Å². The number of hydrogen-bond acceptors (Lipinski definition) is 2. The van der Waals surface area contributed by atoms with Gasteiger partial charge in [-0.05, 0) is 30.9 Å². The lowest BCUT2D eigenvalue weighted by Crippen LogP contribution is -2.48. The van der Waals surface area contributed by atoms with Gasteiger partial charge >= 0.3 is 5.97 Å². The van der Waals surface area contributed by atoms with Gasteiger partial charge in [0.25, 0.3) is 0 Å². The molecule has 5 heteroatoms. The largest absolute Gasteiger partial charge is 0.480 e. The number of carbonyl (C=O) groups excluding carboxylic acids is 1. The first-order valence-corrected chi connectivity index (χ1v) is 6.73. The topological polar surface area (TPSA) is 57.6 Å². The molecule has 4 nitrogen and oxygen atoms in total. The summed E-state index contributed by atoms with van der Waals surface area (Å²) in [6.07, 6.45) is 2.40. The highest BCUT2D eigenvalue weighted by atomic mass is 35.5. The third kappa shape index (κ3) is 3.26. The van der Waals surface area contributed by atoms with Crippen LogP contribution in [0.2, 0.25) is 5.02 Å². The molecule has 1 fully saturated rings. The lowest BCUT2D eigenvalue weighted by molar-refractivity contribution is -0.151. The Morgan fingerprint density at radius 3 is 2.74 bits per heavy atom. The van der Waals surface area contributed by atoms with Crippen molar-refractivity contribution in [1.82, 2.24) is 4.90 Å². The lowest BCUT2D eigenvalue weighted by atomic mass is 10.0. The van der Waals surface area contributed by atoms with Gasteiger partial charge < -0.3 is 10.0 Å². The van der Waals surface area contributed by atoms with E-state index in [1.54, 1.807) is 18.2 Å². The van der Waals surface area contributed by atoms with Crippen LogP contribution in [0.15, 0.2) is 24.3 Å². The number of aliphatic carboxylic acids is 1. The van der Waals surface area contributed by atoms with Crippen LogP contribution in [0, 0.1) is 0 Å². The van der Waals surface area contributed by atoms with Gasteiger partial charge in [0, 0.05) is 11.6 Å². The zero-order chi connectivity index (χ0) is 13.8. The van der Waals surface area contributed by atoms with Crippen LogP contribution in [0.3, 0.4) is 0 Å². The van der Waals surface area contributed by atoms with Crippen molar-refractivity contribution >= 4 is 23.5 Å². The highest BCUT2D eigenvalue weighted by Crippen LogP contribution is 2.21. The fourth-order valence-electron chi connectivity index (χ4n) is 2.39. The molecule has 1 N–H and O–H groups in total. The van der Waals surface area contributed by atoms with Gasteiger partial charge in [0.2, 0.25) is 5.91 Å². The SMILES string of the molecule is O=C(O)[C@@H]1CCCCN1C(=O)Cc1ccccc1Cl. The predicted octanol–water partition coefficient (Wildman–Crippen LogP) is 2.35. The van der Waals surface area contributed by atoms with E-state index in [0.29, 0.717) is 18.0 Å². The summed E-state index contributed by atoms with van der Waals surface area (Å²) in [5.74, 6) is -1.09. The van der Waals surface area contributed by atoms with E-state index in [1.165, 1.54) is 4.90 Å². The number of carboxylic acid groups (broad SMARTS) is 1. The van der Waals surface area contributed by atoms with Gasteiger partial charge in [0.05, 0.1) is 6.42 Å². The minimum Gasteiger partial charge on any atom is -0.480 e. The first-order chi connectivity index (χ1) is 9.09. The van der Waals surface area contributed by atoms with E-state index >= 15 is 0 Å². The molecule has 1 saturated heterocycles. The van der Waals surface area contributed by atoms with E-state index < -0.39 is 12.0 Å². The molecule has 1 aromatic rings. The fraction of sp³-hybridized carbons (Fsp3) is 0.429. The summed E-state index contributed by atoms with van der Waals surface area (Å²) in [5, 5.41) is 9.70. The van der Waals surface area contributed by atoms with Gasteiger partial charge in [-0.3, -0.25) is 4.79 Å². The number of rotatable bonds is 3. The minimum absolute atomic E-state index is 0.156. The van der Waals surface area contributed by atoms with Crippen molar-refractivity contribution in [3.8, 4) is 0 Å². The summed E-state index contributed by atoms with van der Waals surface area (Å²) in [7, 11) is 0. The number of amides is 1. The second-order valence-electron chi connectivity index (χ2n) is 4.71. The second-order valence-corrected chi connectivity index (χ2v) is 5.11. The van der Waals surface area contributed by atoms with Crippen LogP contribution < -0.4 is 0 Å². The Morgan fingerprint density at radius 2 is 2.05 bits per heavy atom. The summed E-state index contributed by atoms with van der Waals surface area (Å²) in [6.45, 7) is 0.514. The standard InChI is InChI=1S/C14H16ClNO3/c15-11-6-2-1-5-10(11)9-13(17)16-8-4-3-7-12(16)14(18)19/h1-2,5-6,12H,3-4,7-9H2,(H,18,19)/t12-/m0/s1. The Bertz CT molecular complexity index is 489. The van der Waals surface area contributed by atoms with Crippen molar-refractivity contribution in [2.75, 3.05) is 6.54 Å². The van der Waals surface area contributed by atoms with Crippen LogP contribution in [-0.2, 0) is 16.0 Å². The van der Waals surface area contributed by atoms with Crippen molar-refractivity contribution in [2.45, 2.75) is 31.7 Å². The molecular weight excluding hydrogens is 266 g/mol. The smallest absolute Gasteiger partial charge is 0.326 e. The monoisotopic (exact) mass is 281 g/mol. The van der Waals surface area contributed by atoms with Gasteiger partial charge in [-0.25, -0.2) is 4.79 Å². The molecule has 0 aromatic heterocycles. The molecule has 0 saturated carbocycles. The summed E-state index contributed by atoms with van der Waals surface area (Å²) in [6, 6.07) is 6.45. The first kappa shape index (κ1) is 13.9. The van der Waals surface area contributed by atoms with Crippen LogP contribution >= 0.6 is 11.6 Å². The zero-order valence-corrected chi connectivity index (χ0v) is 11.3. The fourth-order valence-corrected chi connectivity index (χ4v) is 2.60. The van der Waals surface area contributed by atoms with Gasteiger partial charge in [-0.15, -0.1) is 0 Å². The Hall–Kier alpha value is -1.55. The Kier molecular flexibility index (Phi) is 4.43. The average molecular weight is 282 g/mol. The van der Waals surface area contributed by atoms with Crippen LogP contribution in [0.25, 0.3) is 0 Å². The molecule has 2 rings (SSSR count). The molecule has 1 aromatic carbocycles. The maximum absolute atomic E-state index is 12.2. The van der Waals surface area contributed by atoms with Gasteiger partial charge in [0.15, 0.2) is 0 Å². The molecule has 0 spiro atoms. The highest BCUT2D eigenvalue weighted by molar-refractivity contribution is 6.31. The number of piperidine rings is 1. The van der Waals surface area contributed by atoms with Gasteiger partial charge in [-0.2, -0.15) is 0 Å². The highest BCUT2D eigenvalue weighted by Gasteiger charge is 2.31. The van der Waals surface area contributed by atoms with E-state index in [2.05, 4.69) is 0 Å². The van der Waals surface area contributed by atoms with Crippen LogP contribution in [-0.4, -0.2) is 34.5 Å². The predicted molar refractivity (Wildman–Crippen MR) is 72.1 cm³/mol. The molecular formula is C14H16ClNO3. The van der Waals surface area contributed by atoms with Crippen molar-refractivity contribution in [3.63, 3.8) is 0 Å². The van der Waals surface area contributed by atoms with E-state index in [9.17, 15) is 9.59 Å². The summed E-state index contributed by atoms with van der Waals surface area (Å²) >= 11 is 6.02. The number of hydrogen-bond donors (Lipinski definition) is 1. The number of likely N-dealkylation sites (tertiary alicyclic amines) is 1.